The van der Waals surface area contributed by atoms with Crippen molar-refractivity contribution in [2.45, 2.75) is 11.0 Å². The Kier molecular flexibility index (Phi) is 4.64. The number of aromatic nitrogens is 4. The topological polar surface area (TPSA) is 56.7 Å². The third-order valence-electron chi connectivity index (χ3n) is 4.20. The molecule has 8 heteroatoms. The van der Waals surface area contributed by atoms with Gasteiger partial charge in [-0.15, -0.1) is 21.5 Å². The number of nitrogens with zero attached hydrogens (tertiary/aromatic N) is 4. The van der Waals surface area contributed by atoms with Crippen LogP contribution in [-0.4, -0.2) is 20.0 Å². The molecule has 28 heavy (non-hydrogen) atoms. The van der Waals surface area contributed by atoms with Gasteiger partial charge in [-0.1, -0.05) is 53.7 Å². The van der Waals surface area contributed by atoms with Gasteiger partial charge in [-0.05, 0) is 29.8 Å². The van der Waals surface area contributed by atoms with Crippen LogP contribution in [0.5, 0.6) is 0 Å². The molecular weight excluding hydrogens is 412 g/mol. The summed E-state index contributed by atoms with van der Waals surface area (Å²) in [6, 6.07) is 18.1. The summed E-state index contributed by atoms with van der Waals surface area (Å²) >= 11 is 9.56. The van der Waals surface area contributed by atoms with Gasteiger partial charge < -0.3 is 4.42 Å². The van der Waals surface area contributed by atoms with Crippen molar-refractivity contribution in [1.82, 2.24) is 20.0 Å². The van der Waals surface area contributed by atoms with E-state index in [4.69, 9.17) is 16.0 Å². The van der Waals surface area contributed by atoms with Crippen molar-refractivity contribution >= 4 is 44.8 Å². The third-order valence-corrected chi connectivity index (χ3v) is 6.76. The van der Waals surface area contributed by atoms with Gasteiger partial charge in [0.05, 0.1) is 10.7 Å². The summed E-state index contributed by atoms with van der Waals surface area (Å²) in [5, 5.41) is 14.8. The van der Waals surface area contributed by atoms with E-state index in [9.17, 15) is 0 Å². The van der Waals surface area contributed by atoms with E-state index in [1.54, 1.807) is 17.5 Å². The van der Waals surface area contributed by atoms with E-state index < -0.39 is 0 Å². The standard InChI is InChI=1S/C20H13ClN4OS2/c21-17-15-4-1-2-5-16(15)28-18(17)19-23-24-20(26-19)27-12-13-6-8-14(9-7-13)25-11-3-10-22-25/h1-11H,12H2. The number of fused-ring (bicyclic) bond motifs is 1. The van der Waals surface area contributed by atoms with Gasteiger partial charge in [0.25, 0.3) is 11.1 Å². The zero-order chi connectivity index (χ0) is 18.9. The second kappa shape index (κ2) is 7.43. The van der Waals surface area contributed by atoms with Gasteiger partial charge in [0.2, 0.25) is 0 Å². The Labute approximate surface area is 174 Å². The van der Waals surface area contributed by atoms with Crippen molar-refractivity contribution in [2.24, 2.45) is 0 Å². The highest BCUT2D eigenvalue weighted by Crippen LogP contribution is 2.41. The average Bonchev–Trinajstić information content (AvgIpc) is 3.48. The molecule has 0 bridgehead atoms. The van der Waals surface area contributed by atoms with Crippen LogP contribution < -0.4 is 0 Å². The largest absolute Gasteiger partial charge is 0.410 e. The summed E-state index contributed by atoms with van der Waals surface area (Å²) in [5.74, 6) is 1.20. The van der Waals surface area contributed by atoms with Gasteiger partial charge in [0.1, 0.15) is 4.88 Å². The van der Waals surface area contributed by atoms with Crippen LogP contribution in [0.15, 0.2) is 76.6 Å². The summed E-state index contributed by atoms with van der Waals surface area (Å²) < 4.78 is 8.77. The number of hydrogen-bond acceptors (Lipinski definition) is 6. The van der Waals surface area contributed by atoms with E-state index >= 15 is 0 Å². The first-order valence-corrected chi connectivity index (χ1v) is 10.7. The highest BCUT2D eigenvalue weighted by molar-refractivity contribution is 7.98. The molecule has 2 aromatic carbocycles. The molecule has 5 aromatic rings. The molecule has 3 aromatic heterocycles. The number of rotatable bonds is 5. The first-order chi connectivity index (χ1) is 13.8. The van der Waals surface area contributed by atoms with Crippen LogP contribution in [0, 0.1) is 0 Å². The zero-order valence-electron chi connectivity index (χ0n) is 14.4. The maximum absolute atomic E-state index is 6.50. The van der Waals surface area contributed by atoms with E-state index in [1.807, 2.05) is 53.3 Å². The van der Waals surface area contributed by atoms with Crippen molar-refractivity contribution < 1.29 is 4.42 Å². The van der Waals surface area contributed by atoms with Gasteiger partial charge in [-0.2, -0.15) is 5.10 Å². The molecule has 0 aliphatic carbocycles. The fourth-order valence-corrected chi connectivity index (χ4v) is 4.98. The van der Waals surface area contributed by atoms with Crippen molar-refractivity contribution in [2.75, 3.05) is 0 Å². The molecule has 0 radical (unpaired) electrons. The van der Waals surface area contributed by atoms with Gasteiger partial charge >= 0.3 is 0 Å². The van der Waals surface area contributed by atoms with Gasteiger partial charge in [0, 0.05) is 28.2 Å². The van der Waals surface area contributed by atoms with Crippen molar-refractivity contribution in [3.63, 3.8) is 0 Å². The quantitative estimate of drug-likeness (QED) is 0.320. The van der Waals surface area contributed by atoms with E-state index in [2.05, 4.69) is 27.4 Å². The van der Waals surface area contributed by atoms with E-state index in [0.717, 1.165) is 26.4 Å². The fourth-order valence-electron chi connectivity index (χ4n) is 2.82. The first kappa shape index (κ1) is 17.5. The third kappa shape index (κ3) is 3.32. The number of benzene rings is 2. The molecule has 0 N–H and O–H groups in total. The van der Waals surface area contributed by atoms with Crippen LogP contribution >= 0.6 is 34.7 Å². The lowest BCUT2D eigenvalue weighted by molar-refractivity contribution is 0.467. The van der Waals surface area contributed by atoms with Crippen molar-refractivity contribution in [3.05, 3.63) is 77.6 Å². The predicted octanol–water partition coefficient (Wildman–Crippen LogP) is 6.08. The molecule has 0 fully saturated rings. The molecule has 138 valence electrons. The Morgan fingerprint density at radius 2 is 1.89 bits per heavy atom. The molecule has 3 heterocycles. The molecule has 0 atom stereocenters. The highest BCUT2D eigenvalue weighted by atomic mass is 35.5. The highest BCUT2D eigenvalue weighted by Gasteiger charge is 2.17. The molecular formula is C20H13ClN4OS2. The Bertz CT molecular complexity index is 1230. The SMILES string of the molecule is Clc1c(-c2nnc(SCc3ccc(-n4cccn4)cc3)o2)sc2ccccc12. The second-order valence-electron chi connectivity index (χ2n) is 6.02. The Morgan fingerprint density at radius 3 is 2.68 bits per heavy atom. The molecule has 0 aliphatic rings. The molecule has 0 saturated carbocycles. The summed E-state index contributed by atoms with van der Waals surface area (Å²) in [4.78, 5) is 0.811. The Balaban J connectivity index is 1.31. The minimum absolute atomic E-state index is 0.461. The minimum Gasteiger partial charge on any atom is -0.410 e. The van der Waals surface area contributed by atoms with Gasteiger partial charge in [-0.3, -0.25) is 0 Å². The fraction of sp³-hybridized carbons (Fsp3) is 0.0500. The van der Waals surface area contributed by atoms with Crippen LogP contribution in [0.1, 0.15) is 5.56 Å². The van der Waals surface area contributed by atoms with Crippen molar-refractivity contribution in [3.8, 4) is 16.5 Å². The summed E-state index contributed by atoms with van der Waals surface area (Å²) in [7, 11) is 0. The monoisotopic (exact) mass is 424 g/mol. The normalized spacial score (nSPS) is 11.3. The van der Waals surface area contributed by atoms with E-state index in [-0.39, 0.29) is 0 Å². The van der Waals surface area contributed by atoms with Crippen LogP contribution in [0.25, 0.3) is 26.5 Å². The molecule has 0 spiro atoms. The molecule has 0 saturated heterocycles. The second-order valence-corrected chi connectivity index (χ2v) is 8.38. The van der Waals surface area contributed by atoms with Crippen LogP contribution in [0.4, 0.5) is 0 Å². The maximum atomic E-state index is 6.50. The first-order valence-electron chi connectivity index (χ1n) is 8.50. The lowest BCUT2D eigenvalue weighted by Crippen LogP contribution is -1.93. The minimum atomic E-state index is 0.461. The number of thioether (sulfide) groups is 1. The summed E-state index contributed by atoms with van der Waals surface area (Å²) in [6.07, 6.45) is 3.68. The summed E-state index contributed by atoms with van der Waals surface area (Å²) in [6.45, 7) is 0. The van der Waals surface area contributed by atoms with Gasteiger partial charge in [-0.25, -0.2) is 4.68 Å². The molecule has 5 rings (SSSR count). The molecule has 0 unspecified atom stereocenters. The summed E-state index contributed by atoms with van der Waals surface area (Å²) in [5.41, 5.74) is 2.19. The van der Waals surface area contributed by atoms with Crippen LogP contribution in [-0.2, 0) is 5.75 Å². The smallest absolute Gasteiger partial charge is 0.277 e. The average molecular weight is 425 g/mol. The lowest BCUT2D eigenvalue weighted by Gasteiger charge is -2.03. The maximum Gasteiger partial charge on any atom is 0.277 e. The van der Waals surface area contributed by atoms with E-state index in [1.165, 1.54) is 17.3 Å². The Hall–Kier alpha value is -2.61. The van der Waals surface area contributed by atoms with Crippen LogP contribution in [0.2, 0.25) is 5.02 Å². The van der Waals surface area contributed by atoms with Crippen molar-refractivity contribution in [1.29, 1.82) is 0 Å². The lowest BCUT2D eigenvalue weighted by atomic mass is 10.2. The predicted molar refractivity (Wildman–Crippen MR) is 113 cm³/mol. The number of hydrogen-bond donors (Lipinski definition) is 0. The van der Waals surface area contributed by atoms with Gasteiger partial charge in [0.15, 0.2) is 0 Å². The van der Waals surface area contributed by atoms with Crippen LogP contribution in [0.3, 0.4) is 0 Å². The molecule has 5 nitrogen and oxygen atoms in total. The Morgan fingerprint density at radius 1 is 1.04 bits per heavy atom. The molecule has 0 aliphatic heterocycles. The van der Waals surface area contributed by atoms with E-state index in [0.29, 0.717) is 16.1 Å². The zero-order valence-corrected chi connectivity index (χ0v) is 16.8. The molecule has 0 amide bonds. The number of halogens is 1. The number of thiophene rings is 1.